The van der Waals surface area contributed by atoms with E-state index < -0.39 is 10.0 Å². The Morgan fingerprint density at radius 3 is 1.79 bits per heavy atom. The van der Waals surface area contributed by atoms with Crippen LogP contribution in [0.25, 0.3) is 5.57 Å². The average Bonchev–Trinajstić information content (AvgIpc) is 2.87. The number of benzene rings is 1. The largest absolute Gasteiger partial charge is 0.363 e. The summed E-state index contributed by atoms with van der Waals surface area (Å²) < 4.78 is 27.0. The summed E-state index contributed by atoms with van der Waals surface area (Å²) in [5.74, 6) is 39.0. The molecule has 0 unspecified atom stereocenters. The molecule has 1 aromatic rings. The Kier molecular flexibility index (Phi) is 10.8. The number of terminal acetylenes is 1. The molecule has 5 heteroatoms. The Hall–Kier alpha value is -5.45. The van der Waals surface area contributed by atoms with Crippen LogP contribution in [0.2, 0.25) is 0 Å². The minimum absolute atomic E-state index is 0.170. The first-order valence-electron chi connectivity index (χ1n) is 11.2. The van der Waals surface area contributed by atoms with Gasteiger partial charge in [0, 0.05) is 78.3 Å². The zero-order chi connectivity index (χ0) is 27.9. The van der Waals surface area contributed by atoms with Crippen molar-refractivity contribution in [2.24, 2.45) is 0 Å². The van der Waals surface area contributed by atoms with Crippen molar-refractivity contribution < 1.29 is 8.42 Å². The van der Waals surface area contributed by atoms with Crippen LogP contribution in [0, 0.1) is 107 Å². The summed E-state index contributed by atoms with van der Waals surface area (Å²) in [5.41, 5.74) is 2.35. The van der Waals surface area contributed by atoms with E-state index in [0.29, 0.717) is 0 Å². The first-order chi connectivity index (χ1) is 18.2. The molecular formula is C33H22N2O2S. The number of rotatable bonds is 4. The maximum atomic E-state index is 13.0. The van der Waals surface area contributed by atoms with E-state index in [0.717, 1.165) is 27.7 Å². The molecule has 0 bridgehead atoms. The van der Waals surface area contributed by atoms with Gasteiger partial charge in [-0.05, 0) is 79.8 Å². The predicted octanol–water partition coefficient (Wildman–Crippen LogP) is 2.57. The van der Waals surface area contributed by atoms with Gasteiger partial charge in [-0.25, -0.2) is 12.7 Å². The first-order valence-corrected chi connectivity index (χ1v) is 12.9. The molecule has 1 heterocycles. The van der Waals surface area contributed by atoms with Crippen molar-refractivity contribution in [1.82, 2.24) is 4.31 Å². The van der Waals surface area contributed by atoms with Crippen molar-refractivity contribution in [3.05, 3.63) is 35.9 Å². The average molecular weight is 511 g/mol. The third-order valence-electron chi connectivity index (χ3n) is 5.00. The molecule has 0 fully saturated rings. The summed E-state index contributed by atoms with van der Waals surface area (Å²) >= 11 is 0. The molecule has 0 saturated carbocycles. The van der Waals surface area contributed by atoms with Crippen LogP contribution in [-0.2, 0) is 10.0 Å². The highest BCUT2D eigenvalue weighted by Crippen LogP contribution is 2.39. The van der Waals surface area contributed by atoms with Crippen molar-refractivity contribution in [3.8, 4) is 107 Å². The van der Waals surface area contributed by atoms with E-state index in [-0.39, 0.29) is 11.3 Å². The second kappa shape index (κ2) is 14.2. The van der Waals surface area contributed by atoms with E-state index in [2.05, 4.69) is 126 Å². The van der Waals surface area contributed by atoms with Gasteiger partial charge < -0.3 is 4.90 Å². The summed E-state index contributed by atoms with van der Waals surface area (Å²) in [6.07, 6.45) is 6.96. The van der Waals surface area contributed by atoms with Gasteiger partial charge in [0.25, 0.3) is 0 Å². The quantitative estimate of drug-likeness (QED) is 0.462. The topological polar surface area (TPSA) is 40.6 Å². The Morgan fingerprint density at radius 1 is 0.816 bits per heavy atom. The highest BCUT2D eigenvalue weighted by atomic mass is 32.2. The zero-order valence-corrected chi connectivity index (χ0v) is 22.3. The smallest absolute Gasteiger partial charge is 0.245 e. The molecule has 0 aliphatic carbocycles. The van der Waals surface area contributed by atoms with Crippen molar-refractivity contribution in [3.63, 3.8) is 0 Å². The van der Waals surface area contributed by atoms with Gasteiger partial charge in [-0.2, -0.15) is 0 Å². The number of anilines is 1. The molecule has 0 atom stereocenters. The summed E-state index contributed by atoms with van der Waals surface area (Å²) in [5, 5.41) is 0. The monoisotopic (exact) mass is 510 g/mol. The Balaban J connectivity index is 2.03. The van der Waals surface area contributed by atoms with Gasteiger partial charge in [0.05, 0.1) is 11.3 Å². The van der Waals surface area contributed by atoms with E-state index in [1.54, 1.807) is 0 Å². The van der Waals surface area contributed by atoms with Gasteiger partial charge in [0.15, 0.2) is 0 Å². The van der Waals surface area contributed by atoms with Crippen molar-refractivity contribution in [2.75, 3.05) is 24.2 Å². The van der Waals surface area contributed by atoms with Gasteiger partial charge >= 0.3 is 0 Å². The lowest BCUT2D eigenvalue weighted by molar-refractivity contribution is 0.549. The molecule has 0 amide bonds. The normalized spacial score (nSPS) is 11.2. The molecule has 0 radical (unpaired) electrons. The summed E-state index contributed by atoms with van der Waals surface area (Å²) in [6, 6.07) is 10.4. The summed E-state index contributed by atoms with van der Waals surface area (Å²) in [7, 11) is -2.30. The SMILES string of the molecule is C#CC#CC#CC#CC#CC#CC#CC#CC#CN(C)S(=O)(=O)CC1=CC(C)(C)N(CC)c2ccccc21. The number of fused-ring (bicyclic) bond motifs is 1. The molecule has 1 aromatic carbocycles. The molecule has 0 saturated heterocycles. The van der Waals surface area contributed by atoms with Crippen LogP contribution < -0.4 is 4.90 Å². The maximum absolute atomic E-state index is 13.0. The molecule has 2 rings (SSSR count). The number of hydrogen-bond acceptors (Lipinski definition) is 3. The van der Waals surface area contributed by atoms with Crippen LogP contribution in [0.5, 0.6) is 0 Å². The molecule has 0 aromatic heterocycles. The fourth-order valence-corrected chi connectivity index (χ4v) is 4.49. The van der Waals surface area contributed by atoms with Crippen molar-refractivity contribution >= 4 is 21.3 Å². The molecule has 182 valence electrons. The van der Waals surface area contributed by atoms with Crippen LogP contribution in [0.4, 0.5) is 5.69 Å². The standard InChI is InChI=1S/C33H22N2O2S/c1-6-8-9-10-11-12-13-14-15-16-17-18-19-20-21-24-27-34(5)38(36,37)29-30-28-33(3,4)35(7-2)32-26-23-22-25-31(30)32/h1,22-23,25-26,28H,7,29H2,2-5H3. The van der Waals surface area contributed by atoms with Gasteiger partial charge in [0.2, 0.25) is 10.0 Å². The Morgan fingerprint density at radius 2 is 1.29 bits per heavy atom. The van der Waals surface area contributed by atoms with E-state index in [1.165, 1.54) is 7.05 Å². The van der Waals surface area contributed by atoms with Crippen LogP contribution in [0.15, 0.2) is 30.3 Å². The molecule has 38 heavy (non-hydrogen) atoms. The highest BCUT2D eigenvalue weighted by Gasteiger charge is 2.33. The van der Waals surface area contributed by atoms with Crippen LogP contribution >= 0.6 is 0 Å². The fraction of sp³-hybridized carbons (Fsp3) is 0.212. The number of likely N-dealkylation sites (N-methyl/N-ethyl adjacent to an activating group) is 1. The van der Waals surface area contributed by atoms with Gasteiger partial charge in [0.1, 0.15) is 0 Å². The minimum atomic E-state index is -3.70. The van der Waals surface area contributed by atoms with Crippen LogP contribution in [0.3, 0.4) is 0 Å². The van der Waals surface area contributed by atoms with E-state index in [1.807, 2.05) is 30.3 Å². The molecule has 0 spiro atoms. The second-order valence-electron chi connectivity index (χ2n) is 7.94. The first kappa shape index (κ1) is 28.8. The van der Waals surface area contributed by atoms with Gasteiger partial charge in [-0.1, -0.05) is 24.3 Å². The highest BCUT2D eigenvalue weighted by molar-refractivity contribution is 7.89. The molecule has 1 aliphatic heterocycles. The lowest BCUT2D eigenvalue weighted by Crippen LogP contribution is -2.45. The minimum Gasteiger partial charge on any atom is -0.363 e. The van der Waals surface area contributed by atoms with Crippen molar-refractivity contribution in [2.45, 2.75) is 26.3 Å². The Labute approximate surface area is 227 Å². The molecular weight excluding hydrogens is 488 g/mol. The summed E-state index contributed by atoms with van der Waals surface area (Å²) in [4.78, 5) is 2.25. The molecule has 0 N–H and O–H groups in total. The number of para-hydroxylation sites is 1. The lowest BCUT2D eigenvalue weighted by Gasteiger charge is -2.43. The van der Waals surface area contributed by atoms with E-state index >= 15 is 0 Å². The number of hydrogen-bond donors (Lipinski definition) is 0. The number of nitrogens with zero attached hydrogens (tertiary/aromatic N) is 2. The van der Waals surface area contributed by atoms with E-state index in [9.17, 15) is 8.42 Å². The van der Waals surface area contributed by atoms with Crippen molar-refractivity contribution in [1.29, 1.82) is 0 Å². The number of sulfonamides is 1. The second-order valence-corrected chi connectivity index (χ2v) is 9.94. The van der Waals surface area contributed by atoms with Crippen LogP contribution in [0.1, 0.15) is 26.3 Å². The molecule has 1 aliphatic rings. The Bertz CT molecular complexity index is 1790. The maximum Gasteiger partial charge on any atom is 0.245 e. The summed E-state index contributed by atoms with van der Waals surface area (Å²) in [6.45, 7) is 7.03. The lowest BCUT2D eigenvalue weighted by atomic mass is 9.89. The zero-order valence-electron chi connectivity index (χ0n) is 21.5. The molecule has 4 nitrogen and oxygen atoms in total. The predicted molar refractivity (Wildman–Crippen MR) is 154 cm³/mol. The third-order valence-corrected chi connectivity index (χ3v) is 6.60. The fourth-order valence-electron chi connectivity index (χ4n) is 3.48. The van der Waals surface area contributed by atoms with Gasteiger partial charge in [-0.3, -0.25) is 0 Å². The van der Waals surface area contributed by atoms with Gasteiger partial charge in [-0.15, -0.1) is 6.42 Å². The third kappa shape index (κ3) is 8.64. The van der Waals surface area contributed by atoms with E-state index in [4.69, 9.17) is 6.42 Å². The van der Waals surface area contributed by atoms with Crippen LogP contribution in [-0.4, -0.2) is 37.6 Å².